The van der Waals surface area contributed by atoms with E-state index in [2.05, 4.69) is 19.1 Å². The maximum atomic E-state index is 5.56. The van der Waals surface area contributed by atoms with E-state index in [4.69, 9.17) is 9.47 Å². The van der Waals surface area contributed by atoms with Crippen LogP contribution in [-0.4, -0.2) is 19.5 Å². The monoisotopic (exact) mass is 312 g/mol. The number of allylic oxidation sites excluding steroid dienone is 2. The van der Waals surface area contributed by atoms with Crippen molar-refractivity contribution in [2.45, 2.75) is 104 Å². The van der Waals surface area contributed by atoms with Crippen LogP contribution in [0.4, 0.5) is 0 Å². The van der Waals surface area contributed by atoms with E-state index in [0.717, 1.165) is 19.6 Å². The zero-order valence-electron chi connectivity index (χ0n) is 15.4. The first-order valence-electron chi connectivity index (χ1n) is 9.73. The van der Waals surface area contributed by atoms with E-state index in [9.17, 15) is 0 Å². The van der Waals surface area contributed by atoms with E-state index < -0.39 is 0 Å². The van der Waals surface area contributed by atoms with Crippen molar-refractivity contribution in [3.63, 3.8) is 0 Å². The normalized spacial score (nSPS) is 11.8. The number of hydrogen-bond acceptors (Lipinski definition) is 2. The Hall–Kier alpha value is -0.340. The molecule has 22 heavy (non-hydrogen) atoms. The van der Waals surface area contributed by atoms with Gasteiger partial charge in [-0.1, -0.05) is 64.0 Å². The van der Waals surface area contributed by atoms with E-state index in [1.54, 1.807) is 0 Å². The molecule has 0 rings (SSSR count). The van der Waals surface area contributed by atoms with Gasteiger partial charge in [-0.25, -0.2) is 0 Å². The second kappa shape index (κ2) is 18.7. The van der Waals surface area contributed by atoms with E-state index in [-0.39, 0.29) is 6.29 Å². The predicted octanol–water partition coefficient (Wildman–Crippen LogP) is 6.64. The summed E-state index contributed by atoms with van der Waals surface area (Å²) in [4.78, 5) is 0. The largest absolute Gasteiger partial charge is 0.353 e. The van der Waals surface area contributed by atoms with Crippen LogP contribution >= 0.6 is 0 Å². The molecule has 0 saturated heterocycles. The predicted molar refractivity (Wildman–Crippen MR) is 97.3 cm³/mol. The highest BCUT2D eigenvalue weighted by Crippen LogP contribution is 2.13. The summed E-state index contributed by atoms with van der Waals surface area (Å²) in [7, 11) is 0. The minimum absolute atomic E-state index is 0.0227. The van der Waals surface area contributed by atoms with Crippen LogP contribution in [0.3, 0.4) is 0 Å². The van der Waals surface area contributed by atoms with Crippen LogP contribution in [0.2, 0.25) is 0 Å². The third-order valence-corrected chi connectivity index (χ3v) is 3.91. The van der Waals surface area contributed by atoms with E-state index >= 15 is 0 Å². The molecular weight excluding hydrogens is 272 g/mol. The van der Waals surface area contributed by atoms with Gasteiger partial charge in [0.25, 0.3) is 0 Å². The van der Waals surface area contributed by atoms with Gasteiger partial charge in [0, 0.05) is 13.2 Å². The zero-order chi connectivity index (χ0) is 16.3. The first-order chi connectivity index (χ1) is 10.8. The third kappa shape index (κ3) is 16.0. The zero-order valence-corrected chi connectivity index (χ0v) is 15.4. The van der Waals surface area contributed by atoms with Crippen LogP contribution in [0.25, 0.3) is 0 Å². The molecule has 0 aromatic rings. The van der Waals surface area contributed by atoms with Gasteiger partial charge in [-0.05, 0) is 46.0 Å². The Morgan fingerprint density at radius 1 is 0.636 bits per heavy atom. The summed E-state index contributed by atoms with van der Waals surface area (Å²) in [5.74, 6) is 0. The summed E-state index contributed by atoms with van der Waals surface area (Å²) in [6, 6.07) is 0. The van der Waals surface area contributed by atoms with Gasteiger partial charge in [-0.3, -0.25) is 0 Å². The van der Waals surface area contributed by atoms with Crippen LogP contribution in [0.1, 0.15) is 97.8 Å². The maximum absolute atomic E-state index is 5.56. The fourth-order valence-corrected chi connectivity index (χ4v) is 2.60. The molecule has 0 saturated carbocycles. The molecule has 2 nitrogen and oxygen atoms in total. The van der Waals surface area contributed by atoms with Gasteiger partial charge in [-0.2, -0.15) is 0 Å². The fourth-order valence-electron chi connectivity index (χ4n) is 2.60. The fraction of sp³-hybridized carbons (Fsp3) is 0.900. The van der Waals surface area contributed by atoms with E-state index in [0.29, 0.717) is 0 Å². The molecule has 0 aromatic carbocycles. The molecule has 0 aromatic heterocycles. The van der Waals surface area contributed by atoms with Crippen LogP contribution in [0.15, 0.2) is 12.2 Å². The van der Waals surface area contributed by atoms with Gasteiger partial charge >= 0.3 is 0 Å². The first kappa shape index (κ1) is 21.7. The quantitative estimate of drug-likeness (QED) is 0.170. The smallest absolute Gasteiger partial charge is 0.157 e. The minimum atomic E-state index is 0.0227. The molecule has 0 N–H and O–H groups in total. The highest BCUT2D eigenvalue weighted by Gasteiger charge is 2.06. The van der Waals surface area contributed by atoms with Gasteiger partial charge in [0.2, 0.25) is 0 Å². The number of rotatable bonds is 17. The van der Waals surface area contributed by atoms with Crippen LogP contribution in [-0.2, 0) is 9.47 Å². The van der Waals surface area contributed by atoms with Crippen molar-refractivity contribution in [2.75, 3.05) is 13.2 Å². The summed E-state index contributed by atoms with van der Waals surface area (Å²) in [6.45, 7) is 7.81. The minimum Gasteiger partial charge on any atom is -0.353 e. The van der Waals surface area contributed by atoms with Crippen molar-refractivity contribution in [3.05, 3.63) is 12.2 Å². The molecule has 0 bridgehead atoms. The van der Waals surface area contributed by atoms with Crippen molar-refractivity contribution >= 4 is 0 Å². The second-order valence-electron chi connectivity index (χ2n) is 6.01. The van der Waals surface area contributed by atoms with Crippen LogP contribution < -0.4 is 0 Å². The molecule has 0 amide bonds. The highest BCUT2D eigenvalue weighted by atomic mass is 16.7. The standard InChI is InChI=1S/C20H40O2/c1-4-7-8-9-10-11-12-13-14-15-16-17-18-19-20(21-5-2)22-6-3/h9-10,20H,4-8,11-19H2,1-3H3. The lowest BCUT2D eigenvalue weighted by molar-refractivity contribution is -0.140. The van der Waals surface area contributed by atoms with Crippen LogP contribution in [0.5, 0.6) is 0 Å². The molecule has 0 fully saturated rings. The topological polar surface area (TPSA) is 18.5 Å². The van der Waals surface area contributed by atoms with Gasteiger partial charge in [0.05, 0.1) is 0 Å². The highest BCUT2D eigenvalue weighted by molar-refractivity contribution is 4.81. The second-order valence-corrected chi connectivity index (χ2v) is 6.01. The Kier molecular flexibility index (Phi) is 18.4. The average Bonchev–Trinajstić information content (AvgIpc) is 2.52. The van der Waals surface area contributed by atoms with Crippen LogP contribution in [0, 0.1) is 0 Å². The first-order valence-corrected chi connectivity index (χ1v) is 9.73. The maximum Gasteiger partial charge on any atom is 0.157 e. The van der Waals surface area contributed by atoms with Crippen molar-refractivity contribution in [1.29, 1.82) is 0 Å². The van der Waals surface area contributed by atoms with Crippen molar-refractivity contribution in [2.24, 2.45) is 0 Å². The van der Waals surface area contributed by atoms with E-state index in [1.165, 1.54) is 70.6 Å². The molecule has 0 heterocycles. The molecule has 132 valence electrons. The van der Waals surface area contributed by atoms with Gasteiger partial charge in [0.15, 0.2) is 6.29 Å². The molecule has 0 aliphatic carbocycles. The summed E-state index contributed by atoms with van der Waals surface area (Å²) in [5.41, 5.74) is 0. The van der Waals surface area contributed by atoms with Crippen molar-refractivity contribution in [3.8, 4) is 0 Å². The van der Waals surface area contributed by atoms with Crippen molar-refractivity contribution < 1.29 is 9.47 Å². The Morgan fingerprint density at radius 2 is 1.14 bits per heavy atom. The Labute approximate surface area is 139 Å². The van der Waals surface area contributed by atoms with E-state index in [1.807, 2.05) is 13.8 Å². The molecule has 0 atom stereocenters. The summed E-state index contributed by atoms with van der Waals surface area (Å²) in [6.07, 6.45) is 20.4. The Morgan fingerprint density at radius 3 is 1.68 bits per heavy atom. The molecule has 0 unspecified atom stereocenters. The molecule has 0 radical (unpaired) electrons. The number of ether oxygens (including phenoxy) is 2. The molecule has 2 heteroatoms. The van der Waals surface area contributed by atoms with Crippen molar-refractivity contribution in [1.82, 2.24) is 0 Å². The Bertz CT molecular complexity index is 220. The summed E-state index contributed by atoms with van der Waals surface area (Å²) >= 11 is 0. The summed E-state index contributed by atoms with van der Waals surface area (Å²) < 4.78 is 11.1. The lowest BCUT2D eigenvalue weighted by Gasteiger charge is -2.16. The van der Waals surface area contributed by atoms with Gasteiger partial charge < -0.3 is 9.47 Å². The third-order valence-electron chi connectivity index (χ3n) is 3.91. The molecular formula is C20H40O2. The van der Waals surface area contributed by atoms with Gasteiger partial charge in [-0.15, -0.1) is 0 Å². The average molecular weight is 313 g/mol. The van der Waals surface area contributed by atoms with Gasteiger partial charge in [0.1, 0.15) is 0 Å². The molecule has 0 aliphatic rings. The lowest BCUT2D eigenvalue weighted by Crippen LogP contribution is -2.17. The Balaban J connectivity index is 3.24. The molecule has 0 aliphatic heterocycles. The molecule has 0 spiro atoms. The SMILES string of the molecule is CCCCC=CCCCCCCCCCC(OCC)OCC. The number of unbranched alkanes of at least 4 members (excludes halogenated alkanes) is 9. The number of hydrogen-bond donors (Lipinski definition) is 0. The lowest BCUT2D eigenvalue weighted by atomic mass is 10.1. The summed E-state index contributed by atoms with van der Waals surface area (Å²) in [5, 5.41) is 0.